The van der Waals surface area contributed by atoms with Crippen molar-refractivity contribution in [3.05, 3.63) is 58.6 Å². The average molecular weight is 461 g/mol. The number of hydrogen-bond donors (Lipinski definition) is 0. The van der Waals surface area contributed by atoms with E-state index in [2.05, 4.69) is 0 Å². The van der Waals surface area contributed by atoms with E-state index < -0.39 is 15.6 Å². The number of hydrogen-bond acceptors (Lipinski definition) is 4. The van der Waals surface area contributed by atoms with Crippen LogP contribution < -0.4 is 4.74 Å². The number of benzene rings is 2. The number of sulfonamides is 1. The van der Waals surface area contributed by atoms with Gasteiger partial charge in [-0.25, -0.2) is 12.7 Å². The first-order valence-corrected chi connectivity index (χ1v) is 12.6. The zero-order valence-electron chi connectivity index (χ0n) is 18.4. The number of amidine groups is 1. The van der Waals surface area contributed by atoms with E-state index in [-0.39, 0.29) is 17.0 Å². The van der Waals surface area contributed by atoms with Crippen molar-refractivity contribution in [1.82, 2.24) is 4.31 Å². The highest BCUT2D eigenvalue weighted by Crippen LogP contribution is 2.39. The Morgan fingerprint density at radius 1 is 1.06 bits per heavy atom. The van der Waals surface area contributed by atoms with Crippen molar-refractivity contribution in [3.63, 3.8) is 0 Å². The molecule has 2 aliphatic rings. The van der Waals surface area contributed by atoms with Gasteiger partial charge in [0.25, 0.3) is 10.0 Å². The normalized spacial score (nSPS) is 23.0. The predicted octanol–water partition coefficient (Wildman–Crippen LogP) is 5.59. The zero-order chi connectivity index (χ0) is 22.4. The molecule has 0 bridgehead atoms. The summed E-state index contributed by atoms with van der Waals surface area (Å²) in [5, 5.41) is 0.515. The highest BCUT2D eigenvalue weighted by molar-refractivity contribution is 7.89. The lowest BCUT2D eigenvalue weighted by molar-refractivity contribution is 0.102. The second-order valence-electron chi connectivity index (χ2n) is 9.37. The molecule has 166 valence electrons. The van der Waals surface area contributed by atoms with E-state index in [4.69, 9.17) is 21.3 Å². The third-order valence-electron chi connectivity index (χ3n) is 5.66. The number of rotatable bonds is 2. The maximum atomic E-state index is 14.1. The fraction of sp³-hybridized carbons (Fsp3) is 0.458. The number of fused-ring (bicyclic) bond motifs is 2. The second-order valence-corrected chi connectivity index (χ2v) is 11.6. The Labute approximate surface area is 190 Å². The van der Waals surface area contributed by atoms with Crippen LogP contribution >= 0.6 is 11.6 Å². The lowest BCUT2D eigenvalue weighted by atomic mass is 9.92. The summed E-state index contributed by atoms with van der Waals surface area (Å²) in [6, 6.07) is 12.0. The van der Waals surface area contributed by atoms with Crippen LogP contribution in [0.3, 0.4) is 0 Å². The van der Waals surface area contributed by atoms with E-state index in [0.29, 0.717) is 22.2 Å². The van der Waals surface area contributed by atoms with Crippen LogP contribution in [0, 0.1) is 6.92 Å². The lowest BCUT2D eigenvalue weighted by Gasteiger charge is -2.38. The van der Waals surface area contributed by atoms with Crippen molar-refractivity contribution in [2.75, 3.05) is 0 Å². The van der Waals surface area contributed by atoms with Gasteiger partial charge in [0.2, 0.25) is 0 Å². The monoisotopic (exact) mass is 460 g/mol. The Kier molecular flexibility index (Phi) is 5.81. The predicted molar refractivity (Wildman–Crippen MR) is 125 cm³/mol. The number of aliphatic imine (C=N–C) groups is 1. The van der Waals surface area contributed by atoms with Crippen molar-refractivity contribution >= 4 is 27.5 Å². The number of aryl methyl sites for hydroxylation is 1. The molecule has 1 aliphatic carbocycles. The first-order chi connectivity index (χ1) is 14.6. The zero-order valence-corrected chi connectivity index (χ0v) is 20.0. The molecule has 1 fully saturated rings. The lowest BCUT2D eigenvalue weighted by Crippen LogP contribution is -2.52. The summed E-state index contributed by atoms with van der Waals surface area (Å²) in [4.78, 5) is 5.18. The van der Waals surface area contributed by atoms with E-state index >= 15 is 0 Å². The molecular weight excluding hydrogens is 432 g/mol. The highest BCUT2D eigenvalue weighted by Gasteiger charge is 2.44. The van der Waals surface area contributed by atoms with E-state index in [1.54, 1.807) is 24.3 Å². The summed E-state index contributed by atoms with van der Waals surface area (Å²) in [6.45, 7) is 7.83. The molecule has 1 aliphatic heterocycles. The van der Waals surface area contributed by atoms with Crippen LogP contribution in [0.5, 0.6) is 5.75 Å². The van der Waals surface area contributed by atoms with Crippen LogP contribution in [0.2, 0.25) is 5.02 Å². The largest absolute Gasteiger partial charge is 0.487 e. The standard InChI is InChI=1S/C24H29ClN2O3S/c1-16-9-12-18(13-10-16)31(28,29)27-20-7-5-6-8-22(20)30-21-14-11-17(25)15-19(21)23(27)26-24(2,3)4/h9-15,20,22H,5-8H2,1-4H3/t20-,22-/m0/s1. The first-order valence-electron chi connectivity index (χ1n) is 10.7. The van der Waals surface area contributed by atoms with Crippen molar-refractivity contribution in [2.24, 2.45) is 4.99 Å². The van der Waals surface area contributed by atoms with Gasteiger partial charge >= 0.3 is 0 Å². The molecule has 0 radical (unpaired) electrons. The van der Waals surface area contributed by atoms with Crippen LogP contribution in [-0.4, -0.2) is 36.2 Å². The van der Waals surface area contributed by atoms with E-state index in [1.165, 1.54) is 4.31 Å². The number of ether oxygens (including phenoxy) is 1. The average Bonchev–Trinajstić information content (AvgIpc) is 2.82. The van der Waals surface area contributed by atoms with Gasteiger partial charge in [0.05, 0.1) is 22.0 Å². The highest BCUT2D eigenvalue weighted by atomic mass is 35.5. The fourth-order valence-corrected chi connectivity index (χ4v) is 6.09. The molecule has 0 aromatic heterocycles. The Bertz CT molecular complexity index is 1100. The van der Waals surface area contributed by atoms with Gasteiger partial charge in [-0.15, -0.1) is 0 Å². The molecule has 0 N–H and O–H groups in total. The molecule has 2 atom stereocenters. The van der Waals surface area contributed by atoms with Crippen molar-refractivity contribution in [3.8, 4) is 5.75 Å². The van der Waals surface area contributed by atoms with Gasteiger partial charge in [-0.1, -0.05) is 35.7 Å². The summed E-state index contributed by atoms with van der Waals surface area (Å²) >= 11 is 6.34. The molecular formula is C24H29ClN2O3S. The molecule has 31 heavy (non-hydrogen) atoms. The number of halogens is 1. The van der Waals surface area contributed by atoms with Gasteiger partial charge in [-0.2, -0.15) is 0 Å². The molecule has 5 nitrogen and oxygen atoms in total. The van der Waals surface area contributed by atoms with Crippen LogP contribution in [0.1, 0.15) is 57.6 Å². The summed E-state index contributed by atoms with van der Waals surface area (Å²) in [7, 11) is -3.87. The van der Waals surface area contributed by atoms with Gasteiger partial charge in [0.1, 0.15) is 17.7 Å². The van der Waals surface area contributed by atoms with Crippen LogP contribution in [0.4, 0.5) is 0 Å². The quantitative estimate of drug-likeness (QED) is 0.587. The SMILES string of the molecule is Cc1ccc(S(=O)(=O)N2C(=NC(C)(C)C)c3cc(Cl)ccc3O[C@H]3CCCC[C@@H]32)cc1. The Morgan fingerprint density at radius 2 is 1.74 bits per heavy atom. The number of nitrogens with zero attached hydrogens (tertiary/aromatic N) is 2. The van der Waals surface area contributed by atoms with Crippen molar-refractivity contribution in [2.45, 2.75) is 76.0 Å². The summed E-state index contributed by atoms with van der Waals surface area (Å²) in [5.41, 5.74) is 1.13. The minimum atomic E-state index is -3.87. The van der Waals surface area contributed by atoms with Gasteiger partial charge < -0.3 is 4.74 Å². The van der Waals surface area contributed by atoms with Crippen LogP contribution in [0.15, 0.2) is 52.4 Å². The molecule has 0 unspecified atom stereocenters. The van der Waals surface area contributed by atoms with E-state index in [0.717, 1.165) is 31.2 Å². The van der Waals surface area contributed by atoms with Crippen molar-refractivity contribution < 1.29 is 13.2 Å². The third-order valence-corrected chi connectivity index (χ3v) is 7.72. The maximum absolute atomic E-state index is 14.1. The summed E-state index contributed by atoms with van der Waals surface area (Å²) in [6.07, 6.45) is 3.25. The summed E-state index contributed by atoms with van der Waals surface area (Å²) in [5.74, 6) is 1.03. The maximum Gasteiger partial charge on any atom is 0.265 e. The van der Waals surface area contributed by atoms with Gasteiger partial charge in [0.15, 0.2) is 0 Å². The van der Waals surface area contributed by atoms with Crippen LogP contribution in [0.25, 0.3) is 0 Å². The summed E-state index contributed by atoms with van der Waals surface area (Å²) < 4.78 is 36.0. The van der Waals surface area contributed by atoms with Gasteiger partial charge in [-0.05, 0) is 77.3 Å². The molecule has 7 heteroatoms. The van der Waals surface area contributed by atoms with E-state index in [1.807, 2.05) is 45.9 Å². The Balaban J connectivity index is 1.99. The molecule has 0 saturated heterocycles. The van der Waals surface area contributed by atoms with Gasteiger partial charge in [0, 0.05) is 5.02 Å². The molecule has 0 amide bonds. The van der Waals surface area contributed by atoms with Gasteiger partial charge in [-0.3, -0.25) is 4.99 Å². The molecule has 1 saturated carbocycles. The molecule has 2 aromatic carbocycles. The Morgan fingerprint density at radius 3 is 2.42 bits per heavy atom. The van der Waals surface area contributed by atoms with E-state index in [9.17, 15) is 8.42 Å². The minimum Gasteiger partial charge on any atom is -0.487 e. The minimum absolute atomic E-state index is 0.235. The molecule has 4 rings (SSSR count). The second kappa shape index (κ2) is 8.14. The third kappa shape index (κ3) is 4.46. The van der Waals surface area contributed by atoms with Crippen molar-refractivity contribution in [1.29, 1.82) is 0 Å². The molecule has 2 aromatic rings. The Hall–Kier alpha value is -2.05. The first kappa shape index (κ1) is 22.2. The smallest absolute Gasteiger partial charge is 0.265 e. The van der Waals surface area contributed by atoms with Crippen LogP contribution in [-0.2, 0) is 10.0 Å². The molecule has 0 spiro atoms. The fourth-order valence-electron chi connectivity index (χ4n) is 4.24. The topological polar surface area (TPSA) is 59.0 Å². The molecule has 1 heterocycles.